The molecule has 2 aromatic carbocycles. The number of nitrogens with zero attached hydrogens (tertiary/aromatic N) is 2. The lowest BCUT2D eigenvalue weighted by Gasteiger charge is -2.50. The summed E-state index contributed by atoms with van der Waals surface area (Å²) in [5.74, 6) is -5.25. The standard InChI is InChI=1S/C29H26Cl2N2O6/c1-3-39-20-11-7-10-18(23(20)34)22-16-12-13-17-21(25(36)33(24(17)35)15-8-5-4-6-9-15)19(16)14-28(30)26(37)32(2)27(38)29(22,28)31/h4-12,17,19,21-22,34H,3,13-14H2,1-2H3/t17-,19+,21-,22+,28+,29-/m0/s1. The van der Waals surface area contributed by atoms with Crippen LogP contribution < -0.4 is 9.64 Å². The Morgan fingerprint density at radius 2 is 1.69 bits per heavy atom. The molecule has 2 aliphatic heterocycles. The van der Waals surface area contributed by atoms with Crippen LogP contribution in [0.25, 0.3) is 0 Å². The number of benzene rings is 2. The zero-order chi connectivity index (χ0) is 27.9. The summed E-state index contributed by atoms with van der Waals surface area (Å²) in [6.07, 6.45) is 1.97. The number of hydrogen-bond acceptors (Lipinski definition) is 6. The molecule has 4 aliphatic rings. The summed E-state index contributed by atoms with van der Waals surface area (Å²) >= 11 is 14.3. The van der Waals surface area contributed by atoms with E-state index in [1.54, 1.807) is 55.5 Å². The molecule has 4 amide bonds. The minimum Gasteiger partial charge on any atom is -0.504 e. The molecule has 10 heteroatoms. The van der Waals surface area contributed by atoms with Crippen LogP contribution in [0.1, 0.15) is 31.2 Å². The molecule has 0 radical (unpaired) electrons. The number of phenolic OH excluding ortho intramolecular Hbond substituents is 1. The number of allylic oxidation sites excluding steroid dienone is 2. The van der Waals surface area contributed by atoms with Gasteiger partial charge in [-0.25, -0.2) is 0 Å². The average molecular weight is 569 g/mol. The Hall–Kier alpha value is -3.36. The molecule has 0 spiro atoms. The number of hydrogen-bond donors (Lipinski definition) is 1. The van der Waals surface area contributed by atoms with Crippen molar-refractivity contribution in [3.63, 3.8) is 0 Å². The lowest BCUT2D eigenvalue weighted by atomic mass is 9.56. The minimum absolute atomic E-state index is 0.107. The van der Waals surface area contributed by atoms with E-state index in [4.69, 9.17) is 27.9 Å². The third-order valence-electron chi connectivity index (χ3n) is 8.67. The summed E-state index contributed by atoms with van der Waals surface area (Å²) in [4.78, 5) is 52.9. The molecule has 2 aliphatic carbocycles. The number of anilines is 1. The van der Waals surface area contributed by atoms with Crippen molar-refractivity contribution in [3.8, 4) is 11.5 Å². The van der Waals surface area contributed by atoms with Crippen LogP contribution in [-0.2, 0) is 19.2 Å². The summed E-state index contributed by atoms with van der Waals surface area (Å²) < 4.78 is 5.59. The van der Waals surface area contributed by atoms with Crippen molar-refractivity contribution >= 4 is 52.5 Å². The second-order valence-electron chi connectivity index (χ2n) is 10.5. The number of carbonyl (C=O) groups excluding carboxylic acids is 4. The Bertz CT molecular complexity index is 1460. The summed E-state index contributed by atoms with van der Waals surface area (Å²) in [7, 11) is 1.33. The highest BCUT2D eigenvalue weighted by Crippen LogP contribution is 2.66. The molecule has 2 saturated heterocycles. The van der Waals surface area contributed by atoms with Gasteiger partial charge in [-0.15, -0.1) is 23.2 Å². The summed E-state index contributed by atoms with van der Waals surface area (Å²) in [6.45, 7) is 2.06. The molecule has 6 atom stereocenters. The first-order valence-corrected chi connectivity index (χ1v) is 13.6. The molecule has 0 aromatic heterocycles. The molecular formula is C29H26Cl2N2O6. The van der Waals surface area contributed by atoms with Gasteiger partial charge in [-0.1, -0.05) is 42.0 Å². The normalized spacial score (nSPS) is 33.6. The zero-order valence-electron chi connectivity index (χ0n) is 21.3. The van der Waals surface area contributed by atoms with Crippen LogP contribution in [0.3, 0.4) is 0 Å². The molecule has 1 saturated carbocycles. The number of ether oxygens (including phenoxy) is 1. The van der Waals surface area contributed by atoms with Crippen molar-refractivity contribution in [2.75, 3.05) is 18.6 Å². The van der Waals surface area contributed by atoms with Crippen LogP contribution in [0.4, 0.5) is 5.69 Å². The number of likely N-dealkylation sites (tertiary alicyclic amines) is 1. The quantitative estimate of drug-likeness (QED) is 0.340. The maximum Gasteiger partial charge on any atom is 0.253 e. The first-order valence-electron chi connectivity index (χ1n) is 12.9. The molecule has 0 unspecified atom stereocenters. The van der Waals surface area contributed by atoms with Gasteiger partial charge in [0.15, 0.2) is 21.2 Å². The van der Waals surface area contributed by atoms with Crippen molar-refractivity contribution in [2.45, 2.75) is 35.4 Å². The molecule has 6 rings (SSSR count). The molecule has 3 fully saturated rings. The fraction of sp³-hybridized carbons (Fsp3) is 0.379. The number of amides is 4. The SMILES string of the molecule is CCOc1cccc([C@H]2C3=CC[C@@H]4C(=O)N(c5ccccc5)C(=O)[C@@H]4[C@@H]3C[C@@]3(Cl)C(=O)N(C)C(=O)[C@@]23Cl)c1O. The Kier molecular flexibility index (Phi) is 5.86. The van der Waals surface area contributed by atoms with Crippen molar-refractivity contribution in [1.82, 2.24) is 4.90 Å². The van der Waals surface area contributed by atoms with Gasteiger partial charge in [0.2, 0.25) is 11.8 Å². The smallest absolute Gasteiger partial charge is 0.253 e. The molecule has 2 aromatic rings. The van der Waals surface area contributed by atoms with Gasteiger partial charge in [-0.3, -0.25) is 29.0 Å². The van der Waals surface area contributed by atoms with Crippen molar-refractivity contribution in [3.05, 3.63) is 65.7 Å². The summed E-state index contributed by atoms with van der Waals surface area (Å²) in [5.41, 5.74) is 1.35. The van der Waals surface area contributed by atoms with E-state index in [9.17, 15) is 24.3 Å². The Balaban J connectivity index is 1.54. The number of alkyl halides is 2. The second-order valence-corrected chi connectivity index (χ2v) is 11.7. The van der Waals surface area contributed by atoms with E-state index >= 15 is 0 Å². The lowest BCUT2D eigenvalue weighted by molar-refractivity contribution is -0.138. The lowest BCUT2D eigenvalue weighted by Crippen LogP contribution is -2.60. The molecule has 2 heterocycles. The number of rotatable bonds is 4. The van der Waals surface area contributed by atoms with Gasteiger partial charge in [-0.05, 0) is 43.9 Å². The highest BCUT2D eigenvalue weighted by molar-refractivity contribution is 6.53. The number of aromatic hydroxyl groups is 1. The van der Waals surface area contributed by atoms with Crippen LogP contribution in [0.15, 0.2) is 60.2 Å². The third kappa shape index (κ3) is 3.25. The van der Waals surface area contributed by atoms with E-state index in [0.717, 1.165) is 4.90 Å². The Labute approximate surface area is 235 Å². The molecule has 202 valence electrons. The zero-order valence-corrected chi connectivity index (χ0v) is 22.8. The van der Waals surface area contributed by atoms with Crippen LogP contribution >= 0.6 is 23.2 Å². The van der Waals surface area contributed by atoms with E-state index in [1.807, 2.05) is 6.08 Å². The van der Waals surface area contributed by atoms with E-state index in [-0.39, 0.29) is 48.3 Å². The highest BCUT2D eigenvalue weighted by Gasteiger charge is 2.76. The number of imide groups is 2. The van der Waals surface area contributed by atoms with Crippen molar-refractivity contribution in [2.24, 2.45) is 17.8 Å². The van der Waals surface area contributed by atoms with Gasteiger partial charge < -0.3 is 9.84 Å². The second kappa shape index (κ2) is 8.83. The number of phenols is 1. The van der Waals surface area contributed by atoms with Crippen molar-refractivity contribution < 1.29 is 29.0 Å². The summed E-state index contributed by atoms with van der Waals surface area (Å²) in [6, 6.07) is 13.6. The number of para-hydroxylation sites is 2. The fourth-order valence-electron chi connectivity index (χ4n) is 6.97. The van der Waals surface area contributed by atoms with E-state index in [0.29, 0.717) is 11.3 Å². The highest BCUT2D eigenvalue weighted by atomic mass is 35.5. The van der Waals surface area contributed by atoms with Gasteiger partial charge in [0, 0.05) is 18.5 Å². The predicted molar refractivity (Wildman–Crippen MR) is 144 cm³/mol. The molecule has 39 heavy (non-hydrogen) atoms. The van der Waals surface area contributed by atoms with Crippen molar-refractivity contribution in [1.29, 1.82) is 0 Å². The van der Waals surface area contributed by atoms with Gasteiger partial charge >= 0.3 is 0 Å². The Morgan fingerprint density at radius 1 is 0.974 bits per heavy atom. The van der Waals surface area contributed by atoms with Crippen LogP contribution in [0.5, 0.6) is 11.5 Å². The van der Waals surface area contributed by atoms with Gasteiger partial charge in [0.1, 0.15) is 0 Å². The Morgan fingerprint density at radius 3 is 2.38 bits per heavy atom. The van der Waals surface area contributed by atoms with Crippen LogP contribution in [0, 0.1) is 17.8 Å². The van der Waals surface area contributed by atoms with E-state index in [1.165, 1.54) is 11.9 Å². The minimum atomic E-state index is -1.97. The van der Waals surface area contributed by atoms with Crippen LogP contribution in [-0.4, -0.2) is 57.0 Å². The van der Waals surface area contributed by atoms with Gasteiger partial charge in [-0.2, -0.15) is 0 Å². The van der Waals surface area contributed by atoms with E-state index < -0.39 is 45.2 Å². The maximum atomic E-state index is 13.9. The molecule has 1 N–H and O–H groups in total. The molecule has 8 nitrogen and oxygen atoms in total. The first kappa shape index (κ1) is 25.9. The third-order valence-corrected chi connectivity index (χ3v) is 10.1. The predicted octanol–water partition coefficient (Wildman–Crippen LogP) is 3.98. The summed E-state index contributed by atoms with van der Waals surface area (Å²) in [5, 5.41) is 11.3. The first-order chi connectivity index (χ1) is 18.6. The van der Waals surface area contributed by atoms with E-state index in [2.05, 4.69) is 0 Å². The molecular weight excluding hydrogens is 543 g/mol. The average Bonchev–Trinajstić information content (AvgIpc) is 3.26. The topological polar surface area (TPSA) is 104 Å². The fourth-order valence-corrected chi connectivity index (χ4v) is 7.98. The van der Waals surface area contributed by atoms with Gasteiger partial charge in [0.05, 0.1) is 24.1 Å². The maximum absolute atomic E-state index is 13.9. The number of carbonyl (C=O) groups is 4. The molecule has 0 bridgehead atoms. The van der Waals surface area contributed by atoms with Crippen LogP contribution in [0.2, 0.25) is 0 Å². The largest absolute Gasteiger partial charge is 0.504 e. The monoisotopic (exact) mass is 568 g/mol. The van der Waals surface area contributed by atoms with Gasteiger partial charge in [0.25, 0.3) is 11.8 Å². The number of fused-ring (bicyclic) bond motifs is 4. The number of halogens is 2.